The van der Waals surface area contributed by atoms with E-state index in [9.17, 15) is 18.0 Å². The Hall–Kier alpha value is -1.88. The van der Waals surface area contributed by atoms with E-state index in [2.05, 4.69) is 4.98 Å². The molecule has 0 N–H and O–H groups in total. The first-order chi connectivity index (χ1) is 8.91. The molecule has 0 aliphatic carbocycles. The third kappa shape index (κ3) is 2.76. The van der Waals surface area contributed by atoms with E-state index >= 15 is 0 Å². The summed E-state index contributed by atoms with van der Waals surface area (Å²) in [4.78, 5) is 15.8. The minimum absolute atomic E-state index is 0.128. The lowest BCUT2D eigenvalue weighted by atomic mass is 9.98. The highest BCUT2D eigenvalue weighted by atomic mass is 35.5. The predicted molar refractivity (Wildman–Crippen MR) is 64.1 cm³/mol. The number of alkyl halides is 3. The van der Waals surface area contributed by atoms with Crippen LogP contribution in [-0.2, 0) is 6.18 Å². The molecule has 0 atom stereocenters. The topological polar surface area (TPSA) is 30.0 Å². The highest BCUT2D eigenvalue weighted by molar-refractivity contribution is 6.32. The van der Waals surface area contributed by atoms with Crippen molar-refractivity contribution >= 4 is 17.4 Å². The maximum Gasteiger partial charge on any atom is 0.418 e. The van der Waals surface area contributed by atoms with Crippen LogP contribution < -0.4 is 0 Å². The van der Waals surface area contributed by atoms with Crippen LogP contribution in [0.4, 0.5) is 13.2 Å². The van der Waals surface area contributed by atoms with Gasteiger partial charge in [-0.25, -0.2) is 0 Å². The van der Waals surface area contributed by atoms with Crippen molar-refractivity contribution < 1.29 is 18.0 Å². The molecule has 19 heavy (non-hydrogen) atoms. The van der Waals surface area contributed by atoms with Crippen LogP contribution in [0.15, 0.2) is 42.7 Å². The number of rotatable bonds is 2. The van der Waals surface area contributed by atoms with Crippen LogP contribution in [0, 0.1) is 0 Å². The summed E-state index contributed by atoms with van der Waals surface area (Å²) in [5.41, 5.74) is -1.45. The van der Waals surface area contributed by atoms with Crippen molar-refractivity contribution in [3.05, 3.63) is 64.4 Å². The summed E-state index contributed by atoms with van der Waals surface area (Å²) >= 11 is 5.56. The van der Waals surface area contributed by atoms with Crippen LogP contribution in [0.5, 0.6) is 0 Å². The maximum atomic E-state index is 12.9. The molecule has 98 valence electrons. The first-order valence-corrected chi connectivity index (χ1v) is 5.59. The van der Waals surface area contributed by atoms with Gasteiger partial charge in [0.25, 0.3) is 0 Å². The first kappa shape index (κ1) is 13.5. The van der Waals surface area contributed by atoms with Gasteiger partial charge in [0.2, 0.25) is 0 Å². The standard InChI is InChI=1S/C13H7ClF3NO/c14-10-3-1-2-9(11(10)13(15,16)17)12(19)8-4-6-18-7-5-8/h1-7H. The number of hydrogen-bond donors (Lipinski definition) is 0. The second-order valence-corrected chi connectivity index (χ2v) is 4.13. The van der Waals surface area contributed by atoms with E-state index in [-0.39, 0.29) is 5.56 Å². The number of hydrogen-bond acceptors (Lipinski definition) is 2. The van der Waals surface area contributed by atoms with Crippen LogP contribution in [0.1, 0.15) is 21.5 Å². The quantitative estimate of drug-likeness (QED) is 0.781. The van der Waals surface area contributed by atoms with Gasteiger partial charge in [-0.05, 0) is 18.2 Å². The molecule has 6 heteroatoms. The molecular weight excluding hydrogens is 279 g/mol. The molecule has 0 fully saturated rings. The zero-order valence-corrected chi connectivity index (χ0v) is 10.2. The van der Waals surface area contributed by atoms with Crippen LogP contribution >= 0.6 is 11.6 Å². The molecule has 1 aromatic heterocycles. The number of aromatic nitrogens is 1. The van der Waals surface area contributed by atoms with Crippen molar-refractivity contribution in [2.24, 2.45) is 0 Å². The van der Waals surface area contributed by atoms with Gasteiger partial charge >= 0.3 is 6.18 Å². The van der Waals surface area contributed by atoms with Crippen molar-refractivity contribution in [3.63, 3.8) is 0 Å². The third-order valence-corrected chi connectivity index (χ3v) is 2.80. The highest BCUT2D eigenvalue weighted by Crippen LogP contribution is 2.37. The minimum Gasteiger partial charge on any atom is -0.289 e. The third-order valence-electron chi connectivity index (χ3n) is 2.48. The van der Waals surface area contributed by atoms with E-state index in [1.165, 1.54) is 30.6 Å². The molecular formula is C13H7ClF3NO. The van der Waals surface area contributed by atoms with E-state index in [1.54, 1.807) is 0 Å². The fourth-order valence-corrected chi connectivity index (χ4v) is 1.94. The van der Waals surface area contributed by atoms with E-state index < -0.39 is 28.1 Å². The molecule has 0 bridgehead atoms. The van der Waals surface area contributed by atoms with Gasteiger partial charge in [0, 0.05) is 23.5 Å². The fraction of sp³-hybridized carbons (Fsp3) is 0.0769. The largest absolute Gasteiger partial charge is 0.418 e. The molecule has 2 aromatic rings. The van der Waals surface area contributed by atoms with Gasteiger partial charge in [0.1, 0.15) is 0 Å². The number of carbonyl (C=O) groups excluding carboxylic acids is 1. The average molecular weight is 286 g/mol. The zero-order chi connectivity index (χ0) is 14.0. The van der Waals surface area contributed by atoms with Crippen molar-refractivity contribution in [2.75, 3.05) is 0 Å². The second-order valence-electron chi connectivity index (χ2n) is 3.73. The molecule has 0 aliphatic heterocycles. The van der Waals surface area contributed by atoms with Crippen molar-refractivity contribution in [1.29, 1.82) is 0 Å². The second kappa shape index (κ2) is 5.01. The first-order valence-electron chi connectivity index (χ1n) is 5.21. The van der Waals surface area contributed by atoms with Gasteiger partial charge in [-0.15, -0.1) is 0 Å². The SMILES string of the molecule is O=C(c1ccncc1)c1cccc(Cl)c1C(F)(F)F. The smallest absolute Gasteiger partial charge is 0.289 e. The van der Waals surface area contributed by atoms with Gasteiger partial charge < -0.3 is 0 Å². The summed E-state index contributed by atoms with van der Waals surface area (Å²) in [5.74, 6) is -0.739. The van der Waals surface area contributed by atoms with Crippen molar-refractivity contribution in [1.82, 2.24) is 4.98 Å². The highest BCUT2D eigenvalue weighted by Gasteiger charge is 2.37. The Morgan fingerprint density at radius 1 is 1.11 bits per heavy atom. The van der Waals surface area contributed by atoms with Gasteiger partial charge in [0.05, 0.1) is 10.6 Å². The molecule has 0 amide bonds. The summed E-state index contributed by atoms with van der Waals surface area (Å²) in [6, 6.07) is 6.23. The van der Waals surface area contributed by atoms with Crippen LogP contribution in [0.25, 0.3) is 0 Å². The summed E-state index contributed by atoms with van der Waals surface area (Å²) in [5, 5.41) is -0.493. The predicted octanol–water partition coefficient (Wildman–Crippen LogP) is 3.98. The Kier molecular flexibility index (Phi) is 3.57. The Morgan fingerprint density at radius 3 is 2.32 bits per heavy atom. The number of ketones is 1. The number of pyridine rings is 1. The number of nitrogens with zero attached hydrogens (tertiary/aromatic N) is 1. The van der Waals surface area contributed by atoms with Crippen LogP contribution in [0.3, 0.4) is 0 Å². The Labute approximate surface area is 111 Å². The lowest BCUT2D eigenvalue weighted by Crippen LogP contribution is -2.14. The Bertz CT molecular complexity index is 611. The van der Waals surface area contributed by atoms with E-state index in [0.29, 0.717) is 0 Å². The Balaban J connectivity index is 2.58. The lowest BCUT2D eigenvalue weighted by molar-refractivity contribution is -0.137. The van der Waals surface area contributed by atoms with Crippen molar-refractivity contribution in [3.8, 4) is 0 Å². The van der Waals surface area contributed by atoms with E-state index in [0.717, 1.165) is 12.1 Å². The maximum absolute atomic E-state index is 12.9. The van der Waals surface area contributed by atoms with Crippen LogP contribution in [-0.4, -0.2) is 10.8 Å². The minimum atomic E-state index is -4.68. The molecule has 0 saturated heterocycles. The molecule has 0 spiro atoms. The van der Waals surface area contributed by atoms with Gasteiger partial charge in [-0.2, -0.15) is 13.2 Å². The summed E-state index contributed by atoms with van der Waals surface area (Å²) in [6.07, 6.45) is -2.01. The average Bonchev–Trinajstić information content (AvgIpc) is 2.37. The van der Waals surface area contributed by atoms with Gasteiger partial charge in [0.15, 0.2) is 5.78 Å². The van der Waals surface area contributed by atoms with Gasteiger partial charge in [-0.1, -0.05) is 23.7 Å². The summed E-state index contributed by atoms with van der Waals surface area (Å²) < 4.78 is 38.8. The van der Waals surface area contributed by atoms with Crippen molar-refractivity contribution in [2.45, 2.75) is 6.18 Å². The summed E-state index contributed by atoms with van der Waals surface area (Å²) in [6.45, 7) is 0. The number of carbonyl (C=O) groups is 1. The Morgan fingerprint density at radius 2 is 1.74 bits per heavy atom. The van der Waals surface area contributed by atoms with E-state index in [1.807, 2.05) is 0 Å². The zero-order valence-electron chi connectivity index (χ0n) is 9.41. The number of benzene rings is 1. The molecule has 2 nitrogen and oxygen atoms in total. The molecule has 0 radical (unpaired) electrons. The normalized spacial score (nSPS) is 11.4. The monoisotopic (exact) mass is 285 g/mol. The molecule has 1 heterocycles. The fourth-order valence-electron chi connectivity index (χ4n) is 1.66. The molecule has 1 aromatic carbocycles. The van der Waals surface area contributed by atoms with Crippen LogP contribution in [0.2, 0.25) is 5.02 Å². The van der Waals surface area contributed by atoms with E-state index in [4.69, 9.17) is 11.6 Å². The molecule has 0 saturated carbocycles. The number of halogens is 4. The molecule has 2 rings (SSSR count). The molecule has 0 aliphatic rings. The lowest BCUT2D eigenvalue weighted by Gasteiger charge is -2.13. The van der Waals surface area contributed by atoms with Gasteiger partial charge in [-0.3, -0.25) is 9.78 Å². The molecule has 0 unspecified atom stereocenters. The summed E-state index contributed by atoms with van der Waals surface area (Å²) in [7, 11) is 0.